The molecular formula is C123H134O19S3. The lowest BCUT2D eigenvalue weighted by Crippen LogP contribution is -2.76. The van der Waals surface area contributed by atoms with Crippen molar-refractivity contribution in [2.24, 2.45) is 118 Å². The number of thiophene rings is 3. The first-order chi connectivity index (χ1) is 70.6. The summed E-state index contributed by atoms with van der Waals surface area (Å²) in [5, 5.41) is 45.7. The fourth-order valence-electron chi connectivity index (χ4n) is 35.4. The van der Waals surface area contributed by atoms with E-state index in [4.69, 9.17) is 72.6 Å². The summed E-state index contributed by atoms with van der Waals surface area (Å²) in [5.74, 6) is 9.83. The summed E-state index contributed by atoms with van der Waals surface area (Å²) in [4.78, 5) is 64.8. The first kappa shape index (κ1) is 94.9. The summed E-state index contributed by atoms with van der Waals surface area (Å²) in [5.41, 5.74) is 13.0. The van der Waals surface area contributed by atoms with Crippen molar-refractivity contribution in [2.75, 3.05) is 35.5 Å². The van der Waals surface area contributed by atoms with Crippen LogP contribution >= 0.6 is 34.0 Å². The van der Waals surface area contributed by atoms with E-state index in [1.54, 1.807) is 69.6 Å². The topological polar surface area (TPSA) is 219 Å². The zero-order chi connectivity index (χ0) is 98.3. The predicted octanol–water partition coefficient (Wildman–Crippen LogP) is 28.2. The Balaban J connectivity index is 0.0000000905. The van der Waals surface area contributed by atoms with Gasteiger partial charge in [0, 0.05) is 110 Å². The lowest BCUT2D eigenvalue weighted by atomic mass is 9.47. The molecule has 4 N–H and O–H groups in total. The number of methoxy groups -OCH3 is 5. The van der Waals surface area contributed by atoms with Crippen molar-refractivity contribution >= 4 is 45.7 Å². The van der Waals surface area contributed by atoms with Gasteiger partial charge in [-0.15, -0.1) is 34.0 Å². The molecule has 8 heterocycles. The molecule has 21 aliphatic carbocycles. The van der Waals surface area contributed by atoms with Crippen molar-refractivity contribution in [1.29, 1.82) is 0 Å². The van der Waals surface area contributed by atoms with Gasteiger partial charge in [-0.25, -0.2) is 24.4 Å². The number of hydrogen-bond donors (Lipinski definition) is 4. The van der Waals surface area contributed by atoms with Crippen LogP contribution in [0.2, 0.25) is 0 Å². The van der Waals surface area contributed by atoms with Crippen LogP contribution in [0.4, 0.5) is 0 Å². The third-order valence-electron chi connectivity index (χ3n) is 40.6. The Morgan fingerprint density at radius 3 is 0.848 bits per heavy atom. The lowest BCUT2D eigenvalue weighted by Gasteiger charge is -2.68. The Morgan fingerprint density at radius 1 is 0.297 bits per heavy atom. The molecule has 10 aromatic rings. The summed E-state index contributed by atoms with van der Waals surface area (Å²) in [6.07, 6.45) is 40.4. The largest absolute Gasteiger partial charge is 0.507 e. The molecule has 19 nitrogen and oxygen atoms in total. The van der Waals surface area contributed by atoms with Crippen LogP contribution in [0.1, 0.15) is 217 Å². The lowest BCUT2D eigenvalue weighted by molar-refractivity contribution is -0.645. The summed E-state index contributed by atoms with van der Waals surface area (Å²) in [6, 6.07) is 61.2. The fourth-order valence-corrected chi connectivity index (χ4v) is 38.2. The van der Waals surface area contributed by atoms with E-state index < -0.39 is 51.3 Å². The Bertz CT molecular complexity index is 6530. The van der Waals surface area contributed by atoms with E-state index in [1.807, 2.05) is 102 Å². The average Bonchev–Trinajstić information content (AvgIpc) is 1.15. The molecule has 5 unspecified atom stereocenters. The van der Waals surface area contributed by atoms with E-state index in [1.165, 1.54) is 193 Å². The van der Waals surface area contributed by atoms with Crippen LogP contribution in [-0.2, 0) is 101 Å². The van der Waals surface area contributed by atoms with Crippen molar-refractivity contribution < 1.29 is 93.0 Å². The highest BCUT2D eigenvalue weighted by Gasteiger charge is 2.82. The maximum absolute atomic E-state index is 11.1. The van der Waals surface area contributed by atoms with Crippen LogP contribution in [0, 0.1) is 132 Å². The van der Waals surface area contributed by atoms with E-state index in [9.17, 15) is 20.4 Å². The molecule has 0 amide bonds. The van der Waals surface area contributed by atoms with Crippen molar-refractivity contribution in [3.63, 3.8) is 0 Å². The molecule has 25 fully saturated rings. The van der Waals surface area contributed by atoms with Crippen molar-refractivity contribution in [3.8, 4) is 75.2 Å². The average molecular weight is 2010 g/mol. The normalized spacial score (nSPS) is 40.1. The highest BCUT2D eigenvalue weighted by Crippen LogP contribution is 2.77. The Hall–Kier alpha value is -8.54. The van der Waals surface area contributed by atoms with Crippen molar-refractivity contribution in [1.82, 2.24) is 0 Å². The van der Waals surface area contributed by atoms with Crippen LogP contribution in [0.25, 0.3) is 63.9 Å². The number of aromatic hydroxyl groups is 4. The molecule has 5 spiro atoms. The van der Waals surface area contributed by atoms with E-state index in [0.717, 1.165) is 141 Å². The van der Waals surface area contributed by atoms with Gasteiger partial charge in [0.2, 0.25) is 0 Å². The number of rotatable bonds is 17. The molecule has 7 aromatic carbocycles. The Morgan fingerprint density at radius 2 is 0.586 bits per heavy atom. The zero-order valence-electron chi connectivity index (χ0n) is 84.0. The van der Waals surface area contributed by atoms with Gasteiger partial charge in [0.05, 0.1) is 0 Å². The Kier molecular flexibility index (Phi) is 23.3. The number of allylic oxidation sites excluding steroid dienone is 4. The van der Waals surface area contributed by atoms with Crippen molar-refractivity contribution in [3.05, 3.63) is 262 Å². The predicted molar refractivity (Wildman–Crippen MR) is 554 cm³/mol. The SMILES string of the molecule is C=Cc1ccc(C2(OC)OOC23C2CC4CC(C2)CC3C4)cc1C.COC1(c2ccc(-c3ccc(-c4ccc(C)cc4)s3)c(O)c2)OOC12C1CC3CC(C1)CC2C3.COC1(c2ccc(-c3ccc(-c4ccccc4)s3)c(O)c2)OOC12C1CC3CC(C1)CC2C3.COC1(c2ccc(-c3cccs3)c(O)c2)OOC12C1CC3CC(C1)CC2C3.COC1(c2ccc(C3=CCC=C3)c(O)c2)OOC12C1CC3CC(C1)CC2C3. The van der Waals surface area contributed by atoms with E-state index in [2.05, 4.69) is 130 Å². The zero-order valence-corrected chi connectivity index (χ0v) is 86.4. The monoisotopic (exact) mass is 2010 g/mol. The fraction of sp³-hybridized carbons (Fsp3) is 0.512. The van der Waals surface area contributed by atoms with Crippen LogP contribution < -0.4 is 0 Å². The number of ether oxygens (including phenoxy) is 5. The highest BCUT2D eigenvalue weighted by molar-refractivity contribution is 7.19. The summed E-state index contributed by atoms with van der Waals surface area (Å²) in [6.45, 7) is 8.11. The smallest absolute Gasteiger partial charge is 0.260 e. The van der Waals surface area contributed by atoms with Gasteiger partial charge in [0.1, 0.15) is 23.0 Å². The number of aryl methyl sites for hydroxylation is 2. The summed E-state index contributed by atoms with van der Waals surface area (Å²) in [7, 11) is 8.62. The minimum Gasteiger partial charge on any atom is -0.507 e. The molecular weight excluding hydrogens is 1880 g/mol. The molecule has 5 saturated heterocycles. The number of phenolic OH excluding ortho intramolecular Hbond substituents is 4. The van der Waals surface area contributed by atoms with Gasteiger partial charge in [-0.2, -0.15) is 24.4 Å². The third-order valence-corrected chi connectivity index (χ3v) is 43.9. The molecule has 5 aliphatic heterocycles. The number of benzene rings is 7. The van der Waals surface area contributed by atoms with Gasteiger partial charge in [0.15, 0.2) is 28.0 Å². The van der Waals surface area contributed by atoms with Gasteiger partial charge >= 0.3 is 0 Å². The van der Waals surface area contributed by atoms with E-state index in [-0.39, 0.29) is 28.6 Å². The highest BCUT2D eigenvalue weighted by atomic mass is 32.1. The van der Waals surface area contributed by atoms with E-state index >= 15 is 0 Å². The maximum atomic E-state index is 11.1. The molecule has 145 heavy (non-hydrogen) atoms. The third kappa shape index (κ3) is 13.8. The van der Waals surface area contributed by atoms with Gasteiger partial charge in [-0.05, 0) is 411 Å². The van der Waals surface area contributed by atoms with Crippen LogP contribution in [0.5, 0.6) is 23.0 Å². The van der Waals surface area contributed by atoms with Gasteiger partial charge in [-0.1, -0.05) is 140 Å². The van der Waals surface area contributed by atoms with Crippen LogP contribution in [-0.4, -0.2) is 84.0 Å². The quantitative estimate of drug-likeness (QED) is 0.0623. The second kappa shape index (κ2) is 35.6. The standard InChI is InChI=1S/C29H30O4S.C28H28O4S.C23H26O4.C22H24O4S.C21H26O3/c1-17-3-5-20(6-4-17)26-9-10-27(34-26)24-8-7-21(16-25(24)30)29(31-2)28(32-33-29)22-12-18-11-19(14-22)15-23(28)13-18;1-30-28(27(31-32-28)21-12-17-11-18(14-21)15-22(27)13-17)20-7-8-23(24(29)16-20)26-10-9-25(33-26)19-5-3-2-4-6-19;1-25-23(17-6-7-20(21(24)13-17)16-4-2-3-5-16)22(26-27-23)18-9-14-8-15(11-18)12-19(22)10-14;1-24-22(15-4-5-18(19(23)12-15)20-3-2-6-27-20)21(25-26-22)16-8-13-7-14(10-16)11-17(21)9-13;1-4-16-5-6-17(7-13(16)2)21(22-3)20(23-24-21)18-9-14-8-15(11-18)12-19(20)10-14/h3-10,16,18-19,22-23,30H,11-15H2,1-2H3;2-10,16-18,21-22,29H,11-15H2,1H3;2,4-7,13-15,18-19,24H,3,8-12H2,1H3;2-6,12-14,16-17,23H,7-11H2,1H3;4-7,14-15,18-19H,1,8-12H2,2-3H3. The Labute approximate surface area is 861 Å². The molecule has 20 saturated carbocycles. The minimum atomic E-state index is -0.950. The summed E-state index contributed by atoms with van der Waals surface area (Å²) >= 11 is 5.00. The van der Waals surface area contributed by atoms with Crippen molar-refractivity contribution in [2.45, 2.75) is 238 Å². The molecule has 22 heteroatoms. The maximum Gasteiger partial charge on any atom is 0.260 e. The molecule has 758 valence electrons. The molecule has 26 aliphatic rings. The molecule has 0 radical (unpaired) electrons. The first-order valence-corrected chi connectivity index (χ1v) is 56.5. The molecule has 20 bridgehead atoms. The second-order valence-electron chi connectivity index (χ2n) is 47.5. The first-order valence-electron chi connectivity index (χ1n) is 54.0. The number of hydrogen-bond acceptors (Lipinski definition) is 22. The van der Waals surface area contributed by atoms with Gasteiger partial charge < -0.3 is 44.1 Å². The second-order valence-corrected chi connectivity index (χ2v) is 50.6. The molecule has 3 aromatic heterocycles. The number of phenols is 4. The molecule has 36 rings (SSSR count). The van der Waals surface area contributed by atoms with Crippen LogP contribution in [0.15, 0.2) is 212 Å². The minimum absolute atomic E-state index is 0.250. The molecule has 5 atom stereocenters. The van der Waals surface area contributed by atoms with Gasteiger partial charge in [0.25, 0.3) is 28.9 Å². The summed E-state index contributed by atoms with van der Waals surface area (Å²) < 4.78 is 30.5. The van der Waals surface area contributed by atoms with Crippen LogP contribution in [0.3, 0.4) is 0 Å². The van der Waals surface area contributed by atoms with E-state index in [0.29, 0.717) is 59.2 Å². The van der Waals surface area contributed by atoms with Gasteiger partial charge in [-0.3, -0.25) is 0 Å².